The molecule has 2 heterocycles. The van der Waals surface area contributed by atoms with Crippen molar-refractivity contribution in [1.29, 1.82) is 0 Å². The van der Waals surface area contributed by atoms with Gasteiger partial charge in [0.15, 0.2) is 6.04 Å². The van der Waals surface area contributed by atoms with E-state index < -0.39 is 54.0 Å². The third-order valence-corrected chi connectivity index (χ3v) is 6.55. The van der Waals surface area contributed by atoms with Crippen LogP contribution < -0.4 is 5.32 Å². The molecule has 0 aliphatic carbocycles. The van der Waals surface area contributed by atoms with E-state index in [1.165, 1.54) is 19.2 Å². The molecule has 1 aliphatic rings. The summed E-state index contributed by atoms with van der Waals surface area (Å²) in [6.45, 7) is 1.43. The van der Waals surface area contributed by atoms with Crippen LogP contribution >= 0.6 is 0 Å². The van der Waals surface area contributed by atoms with Crippen molar-refractivity contribution in [3.63, 3.8) is 0 Å². The Morgan fingerprint density at radius 1 is 1.07 bits per heavy atom. The summed E-state index contributed by atoms with van der Waals surface area (Å²) in [7, 11) is 0. The van der Waals surface area contributed by atoms with Crippen LogP contribution in [-0.2, 0) is 20.5 Å². The number of ether oxygens (including phenoxy) is 1. The van der Waals surface area contributed by atoms with E-state index >= 15 is 0 Å². The number of amides is 3. The Labute approximate surface area is 237 Å². The van der Waals surface area contributed by atoms with E-state index in [4.69, 9.17) is 4.74 Å². The highest BCUT2D eigenvalue weighted by molar-refractivity contribution is 6.10. The SMILES string of the molecule is CC(=N[C@H](C(=O)O)[C@@H](CC(=O)N1CCOC1=O)c1ccc(C(F)(F)F)cc1)c1ccccc1NC(=O)c1ccccn1. The van der Waals surface area contributed by atoms with Crippen LogP contribution in [0, 0.1) is 0 Å². The molecule has 0 radical (unpaired) electrons. The number of carboxylic acid groups (broad SMARTS) is 1. The second-order valence-electron chi connectivity index (χ2n) is 9.30. The highest BCUT2D eigenvalue weighted by Crippen LogP contribution is 2.33. The Hall–Kier alpha value is -5.07. The molecule has 3 amide bonds. The molecule has 3 aromatic rings. The number of nitrogens with zero attached hydrogens (tertiary/aromatic N) is 3. The van der Waals surface area contributed by atoms with E-state index in [-0.39, 0.29) is 30.1 Å². The van der Waals surface area contributed by atoms with E-state index in [0.717, 1.165) is 29.2 Å². The highest BCUT2D eigenvalue weighted by Gasteiger charge is 2.37. The zero-order valence-electron chi connectivity index (χ0n) is 22.2. The predicted molar refractivity (Wildman–Crippen MR) is 144 cm³/mol. The highest BCUT2D eigenvalue weighted by atomic mass is 19.4. The van der Waals surface area contributed by atoms with Crippen molar-refractivity contribution in [2.45, 2.75) is 31.5 Å². The summed E-state index contributed by atoms with van der Waals surface area (Å²) in [6.07, 6.45) is -4.62. The molecule has 13 heteroatoms. The average molecular weight is 583 g/mol. The molecule has 1 aromatic heterocycles. The van der Waals surface area contributed by atoms with Gasteiger partial charge >= 0.3 is 18.2 Å². The number of carbonyl (C=O) groups excluding carboxylic acids is 3. The predicted octanol–water partition coefficient (Wildman–Crippen LogP) is 4.77. The Kier molecular flexibility index (Phi) is 8.99. The molecule has 4 rings (SSSR count). The van der Waals surface area contributed by atoms with Gasteiger partial charge in [-0.3, -0.25) is 19.6 Å². The lowest BCUT2D eigenvalue weighted by Gasteiger charge is -2.24. The molecule has 2 atom stereocenters. The first-order chi connectivity index (χ1) is 20.0. The molecular weight excluding hydrogens is 557 g/mol. The van der Waals surface area contributed by atoms with Crippen LogP contribution in [0.5, 0.6) is 0 Å². The first-order valence-electron chi connectivity index (χ1n) is 12.7. The standard InChI is InChI=1S/C29H25F3N4O6/c1-17(20-6-2-3-7-22(20)35-26(38)23-8-4-5-13-33-23)34-25(27(39)40)21(16-24(37)36-14-15-42-28(36)41)18-9-11-19(12-10-18)29(30,31)32/h2-13,21,25H,14-16H2,1H3,(H,35,38)(H,39,40)/t21-,25-/m0/s1. The number of carbonyl (C=O) groups is 4. The number of cyclic esters (lactones) is 1. The summed E-state index contributed by atoms with van der Waals surface area (Å²) >= 11 is 0. The molecule has 0 bridgehead atoms. The summed E-state index contributed by atoms with van der Waals surface area (Å²) in [4.78, 5) is 59.4. The number of aliphatic imine (C=N–C) groups is 1. The average Bonchev–Trinajstić information content (AvgIpc) is 3.40. The minimum Gasteiger partial charge on any atom is -0.480 e. The number of alkyl halides is 3. The number of para-hydroxylation sites is 1. The number of halogens is 3. The monoisotopic (exact) mass is 582 g/mol. The molecule has 10 nitrogen and oxygen atoms in total. The number of aromatic nitrogens is 1. The maximum atomic E-state index is 13.2. The summed E-state index contributed by atoms with van der Waals surface area (Å²) in [5, 5.41) is 12.9. The van der Waals surface area contributed by atoms with Crippen molar-refractivity contribution < 1.29 is 42.2 Å². The van der Waals surface area contributed by atoms with Crippen LogP contribution in [0.1, 0.15) is 46.4 Å². The lowest BCUT2D eigenvalue weighted by Crippen LogP contribution is -2.36. The molecule has 1 aliphatic heterocycles. The second kappa shape index (κ2) is 12.6. The summed E-state index contributed by atoms with van der Waals surface area (Å²) in [5.41, 5.74) is 0.137. The van der Waals surface area contributed by atoms with E-state index in [1.807, 2.05) is 0 Å². The van der Waals surface area contributed by atoms with Crippen LogP contribution in [0.15, 0.2) is 77.9 Å². The van der Waals surface area contributed by atoms with Gasteiger partial charge in [0.2, 0.25) is 5.91 Å². The fourth-order valence-electron chi connectivity index (χ4n) is 4.44. The zero-order chi connectivity index (χ0) is 30.4. The van der Waals surface area contributed by atoms with Crippen LogP contribution in [-0.4, -0.2) is 63.8 Å². The summed E-state index contributed by atoms with van der Waals surface area (Å²) in [5.74, 6) is -3.98. The van der Waals surface area contributed by atoms with E-state index in [9.17, 15) is 37.5 Å². The number of imide groups is 1. The van der Waals surface area contributed by atoms with Gasteiger partial charge in [0.25, 0.3) is 5.91 Å². The van der Waals surface area contributed by atoms with Gasteiger partial charge in [0.05, 0.1) is 17.8 Å². The lowest BCUT2D eigenvalue weighted by atomic mass is 9.87. The molecule has 0 unspecified atom stereocenters. The third kappa shape index (κ3) is 6.97. The molecule has 2 N–H and O–H groups in total. The van der Waals surface area contributed by atoms with Gasteiger partial charge in [-0.25, -0.2) is 14.5 Å². The number of benzene rings is 2. The van der Waals surface area contributed by atoms with Crippen molar-refractivity contribution in [1.82, 2.24) is 9.88 Å². The maximum absolute atomic E-state index is 13.2. The van der Waals surface area contributed by atoms with E-state index in [2.05, 4.69) is 15.3 Å². The van der Waals surface area contributed by atoms with Gasteiger partial charge in [-0.2, -0.15) is 13.2 Å². The van der Waals surface area contributed by atoms with Gasteiger partial charge in [0, 0.05) is 29.8 Å². The minimum atomic E-state index is -4.63. The third-order valence-electron chi connectivity index (χ3n) is 6.55. The first kappa shape index (κ1) is 29.9. The largest absolute Gasteiger partial charge is 0.480 e. The van der Waals surface area contributed by atoms with Gasteiger partial charge < -0.3 is 15.2 Å². The van der Waals surface area contributed by atoms with E-state index in [0.29, 0.717) is 11.3 Å². The number of nitrogens with one attached hydrogen (secondary N) is 1. The molecular formula is C29H25F3N4O6. The van der Waals surface area contributed by atoms with Gasteiger partial charge in [-0.15, -0.1) is 0 Å². The second-order valence-corrected chi connectivity index (χ2v) is 9.30. The molecule has 1 saturated heterocycles. The van der Waals surface area contributed by atoms with Crippen molar-refractivity contribution >= 4 is 35.3 Å². The van der Waals surface area contributed by atoms with E-state index in [1.54, 1.807) is 36.4 Å². The molecule has 2 aromatic carbocycles. The lowest BCUT2D eigenvalue weighted by molar-refractivity contribution is -0.140. The van der Waals surface area contributed by atoms with Crippen LogP contribution in [0.2, 0.25) is 0 Å². The zero-order valence-corrected chi connectivity index (χ0v) is 22.2. The maximum Gasteiger partial charge on any atom is 0.416 e. The number of hydrogen-bond donors (Lipinski definition) is 2. The van der Waals surface area contributed by atoms with Crippen molar-refractivity contribution in [2.75, 3.05) is 18.5 Å². The fourth-order valence-corrected chi connectivity index (χ4v) is 4.44. The Balaban J connectivity index is 1.71. The number of rotatable bonds is 9. The minimum absolute atomic E-state index is 0.0316. The Morgan fingerprint density at radius 3 is 2.36 bits per heavy atom. The van der Waals surface area contributed by atoms with Gasteiger partial charge in [0.1, 0.15) is 12.3 Å². The van der Waals surface area contributed by atoms with Crippen LogP contribution in [0.25, 0.3) is 0 Å². The summed E-state index contributed by atoms with van der Waals surface area (Å²) < 4.78 is 44.4. The van der Waals surface area contributed by atoms with Crippen LogP contribution in [0.3, 0.4) is 0 Å². The first-order valence-corrected chi connectivity index (χ1v) is 12.7. The normalized spacial score (nSPS) is 15.1. The Morgan fingerprint density at radius 2 is 1.76 bits per heavy atom. The summed E-state index contributed by atoms with van der Waals surface area (Å²) in [6, 6.07) is 13.4. The number of pyridine rings is 1. The van der Waals surface area contributed by atoms with Crippen molar-refractivity contribution in [3.8, 4) is 0 Å². The topological polar surface area (TPSA) is 138 Å². The molecule has 42 heavy (non-hydrogen) atoms. The van der Waals surface area contributed by atoms with Crippen LogP contribution in [0.4, 0.5) is 23.7 Å². The van der Waals surface area contributed by atoms with Gasteiger partial charge in [-0.05, 0) is 42.8 Å². The molecule has 1 fully saturated rings. The number of aliphatic carboxylic acids is 1. The molecule has 0 saturated carbocycles. The van der Waals surface area contributed by atoms with Crippen molar-refractivity contribution in [2.24, 2.45) is 4.99 Å². The fraction of sp³-hybridized carbons (Fsp3) is 0.241. The molecule has 218 valence electrons. The smallest absolute Gasteiger partial charge is 0.416 e. The Bertz CT molecular complexity index is 1510. The quantitative estimate of drug-likeness (QED) is 0.347. The number of hydrogen-bond acceptors (Lipinski definition) is 7. The number of anilines is 1. The number of carboxylic acids is 1. The van der Waals surface area contributed by atoms with Crippen molar-refractivity contribution in [3.05, 3.63) is 95.3 Å². The van der Waals surface area contributed by atoms with Gasteiger partial charge in [-0.1, -0.05) is 36.4 Å². The molecule has 0 spiro atoms.